The van der Waals surface area contributed by atoms with Gasteiger partial charge in [0, 0.05) is 24.7 Å². The van der Waals surface area contributed by atoms with Crippen molar-refractivity contribution in [2.45, 2.75) is 19.3 Å². The Hall–Kier alpha value is -3.09. The third-order valence-corrected chi connectivity index (χ3v) is 4.46. The van der Waals surface area contributed by atoms with Gasteiger partial charge in [0.1, 0.15) is 11.5 Å². The summed E-state index contributed by atoms with van der Waals surface area (Å²) < 4.78 is 16.8. The van der Waals surface area contributed by atoms with Crippen LogP contribution in [0, 0.1) is 6.92 Å². The van der Waals surface area contributed by atoms with Gasteiger partial charge in [0.25, 0.3) is 5.56 Å². The molecule has 0 saturated carbocycles. The number of ether oxygens (including phenoxy) is 3. The summed E-state index contributed by atoms with van der Waals surface area (Å²) in [6, 6.07) is 8.67. The zero-order valence-electron chi connectivity index (χ0n) is 14.8. The van der Waals surface area contributed by atoms with Crippen molar-refractivity contribution in [3.05, 3.63) is 57.5 Å². The molecule has 0 radical (unpaired) electrons. The fraction of sp³-hybridized carbons (Fsp3) is 0.316. The summed E-state index contributed by atoms with van der Waals surface area (Å²) in [4.78, 5) is 36.0. The number of pyridine rings is 1. The highest BCUT2D eigenvalue weighted by Gasteiger charge is 2.32. The van der Waals surface area contributed by atoms with Gasteiger partial charge in [-0.2, -0.15) is 0 Å². The molecule has 7 nitrogen and oxygen atoms in total. The highest BCUT2D eigenvalue weighted by atomic mass is 16.6. The lowest BCUT2D eigenvalue weighted by Gasteiger charge is -2.25. The third kappa shape index (κ3) is 3.33. The number of aromatic nitrogens is 1. The highest BCUT2D eigenvalue weighted by Crippen LogP contribution is 2.37. The lowest BCUT2D eigenvalue weighted by atomic mass is 9.87. The molecule has 1 aromatic heterocycles. The van der Waals surface area contributed by atoms with Crippen molar-refractivity contribution in [3.8, 4) is 11.5 Å². The Morgan fingerprint density at radius 2 is 2.08 bits per heavy atom. The summed E-state index contributed by atoms with van der Waals surface area (Å²) in [5, 5.41) is 0. The van der Waals surface area contributed by atoms with Gasteiger partial charge in [0.15, 0.2) is 6.61 Å². The normalized spacial score (nSPS) is 15.8. The van der Waals surface area contributed by atoms with Crippen LogP contribution in [0.5, 0.6) is 11.5 Å². The van der Waals surface area contributed by atoms with Gasteiger partial charge in [-0.25, -0.2) is 4.79 Å². The molecule has 0 bridgehead atoms. The number of carbonyl (C=O) groups excluding carboxylic acids is 2. The van der Waals surface area contributed by atoms with Crippen LogP contribution in [0.25, 0.3) is 0 Å². The van der Waals surface area contributed by atoms with Crippen LogP contribution in [0.15, 0.2) is 35.1 Å². The molecule has 0 spiro atoms. The van der Waals surface area contributed by atoms with E-state index in [1.54, 1.807) is 38.2 Å². The molecule has 0 aliphatic carbocycles. The number of rotatable bonds is 4. The molecular formula is C19H19NO6. The number of esters is 2. The SMILES string of the molecule is COC(=O)COc1cccc(C2CC(=O)Oc3cc(C)n(C)c(=O)c32)c1. The zero-order chi connectivity index (χ0) is 18.8. The molecule has 0 fully saturated rings. The van der Waals surface area contributed by atoms with E-state index in [0.717, 1.165) is 5.56 Å². The van der Waals surface area contributed by atoms with Gasteiger partial charge in [-0.1, -0.05) is 12.1 Å². The Labute approximate surface area is 150 Å². The van der Waals surface area contributed by atoms with Gasteiger partial charge in [-0.3, -0.25) is 9.59 Å². The van der Waals surface area contributed by atoms with Crippen LogP contribution in [0.3, 0.4) is 0 Å². The summed E-state index contributed by atoms with van der Waals surface area (Å²) in [7, 11) is 2.96. The first kappa shape index (κ1) is 17.7. The van der Waals surface area contributed by atoms with Crippen molar-refractivity contribution in [2.75, 3.05) is 13.7 Å². The summed E-state index contributed by atoms with van der Waals surface area (Å²) in [6.07, 6.45) is 0.0613. The Morgan fingerprint density at radius 3 is 2.81 bits per heavy atom. The maximum atomic E-state index is 12.7. The average Bonchev–Trinajstić information content (AvgIpc) is 2.63. The summed E-state index contributed by atoms with van der Waals surface area (Å²) in [5.74, 6) is -0.570. The Morgan fingerprint density at radius 1 is 1.31 bits per heavy atom. The molecule has 1 atom stereocenters. The number of aryl methyl sites for hydroxylation is 1. The van der Waals surface area contributed by atoms with E-state index < -0.39 is 17.9 Å². The molecule has 7 heteroatoms. The van der Waals surface area contributed by atoms with E-state index in [4.69, 9.17) is 9.47 Å². The van der Waals surface area contributed by atoms with E-state index in [9.17, 15) is 14.4 Å². The molecule has 1 aliphatic rings. The second-order valence-electron chi connectivity index (χ2n) is 6.10. The van der Waals surface area contributed by atoms with Gasteiger partial charge in [-0.15, -0.1) is 0 Å². The van der Waals surface area contributed by atoms with Crippen LogP contribution < -0.4 is 15.0 Å². The molecule has 136 valence electrons. The number of hydrogen-bond donors (Lipinski definition) is 0. The van der Waals surface area contributed by atoms with E-state index in [-0.39, 0.29) is 18.6 Å². The van der Waals surface area contributed by atoms with Crippen molar-refractivity contribution in [1.29, 1.82) is 0 Å². The maximum absolute atomic E-state index is 12.7. The van der Waals surface area contributed by atoms with E-state index in [0.29, 0.717) is 22.8 Å². The highest BCUT2D eigenvalue weighted by molar-refractivity contribution is 5.77. The molecule has 0 N–H and O–H groups in total. The van der Waals surface area contributed by atoms with Crippen LogP contribution in [0.2, 0.25) is 0 Å². The number of nitrogens with zero attached hydrogens (tertiary/aromatic N) is 1. The number of hydrogen-bond acceptors (Lipinski definition) is 6. The number of methoxy groups -OCH3 is 1. The summed E-state index contributed by atoms with van der Waals surface area (Å²) in [5.41, 5.74) is 1.70. The number of fused-ring (bicyclic) bond motifs is 1. The number of carbonyl (C=O) groups is 2. The topological polar surface area (TPSA) is 83.8 Å². The summed E-state index contributed by atoms with van der Waals surface area (Å²) >= 11 is 0. The first-order chi connectivity index (χ1) is 12.4. The van der Waals surface area contributed by atoms with Gasteiger partial charge < -0.3 is 18.8 Å². The molecule has 0 amide bonds. The van der Waals surface area contributed by atoms with Crippen LogP contribution in [0.4, 0.5) is 0 Å². The lowest BCUT2D eigenvalue weighted by Crippen LogP contribution is -2.32. The van der Waals surface area contributed by atoms with Crippen LogP contribution in [-0.2, 0) is 21.4 Å². The Bertz CT molecular complexity index is 930. The van der Waals surface area contributed by atoms with Crippen molar-refractivity contribution in [1.82, 2.24) is 4.57 Å². The van der Waals surface area contributed by atoms with Crippen LogP contribution >= 0.6 is 0 Å². The standard InChI is InChI=1S/C19H19NO6/c1-11-7-15-18(19(23)20(11)2)14(9-16(21)26-15)12-5-4-6-13(8-12)25-10-17(22)24-3/h4-8,14H,9-10H2,1-3H3. The van der Waals surface area contributed by atoms with Gasteiger partial charge in [0.05, 0.1) is 19.1 Å². The first-order valence-electron chi connectivity index (χ1n) is 8.11. The predicted molar refractivity (Wildman–Crippen MR) is 92.5 cm³/mol. The Kier molecular flexibility index (Phi) is 4.79. The fourth-order valence-corrected chi connectivity index (χ4v) is 2.96. The second-order valence-corrected chi connectivity index (χ2v) is 6.10. The lowest BCUT2D eigenvalue weighted by molar-refractivity contribution is -0.143. The van der Waals surface area contributed by atoms with E-state index in [2.05, 4.69) is 4.74 Å². The smallest absolute Gasteiger partial charge is 0.343 e. The molecule has 2 heterocycles. The van der Waals surface area contributed by atoms with Gasteiger partial charge in [-0.05, 0) is 24.6 Å². The molecule has 26 heavy (non-hydrogen) atoms. The molecule has 0 saturated heterocycles. The largest absolute Gasteiger partial charge is 0.482 e. The molecule has 2 aromatic rings. The van der Waals surface area contributed by atoms with Crippen LogP contribution in [0.1, 0.15) is 29.2 Å². The van der Waals surface area contributed by atoms with Gasteiger partial charge >= 0.3 is 11.9 Å². The monoisotopic (exact) mass is 357 g/mol. The van der Waals surface area contributed by atoms with Gasteiger partial charge in [0.2, 0.25) is 0 Å². The first-order valence-corrected chi connectivity index (χ1v) is 8.11. The molecule has 1 aromatic carbocycles. The van der Waals surface area contributed by atoms with E-state index >= 15 is 0 Å². The quantitative estimate of drug-likeness (QED) is 0.774. The second kappa shape index (κ2) is 7.03. The predicted octanol–water partition coefficient (Wildman–Crippen LogP) is 1.69. The zero-order valence-corrected chi connectivity index (χ0v) is 14.8. The molecular weight excluding hydrogens is 338 g/mol. The minimum atomic E-state index is -0.494. The third-order valence-electron chi connectivity index (χ3n) is 4.46. The number of benzene rings is 1. The minimum absolute atomic E-state index is 0.0613. The average molecular weight is 357 g/mol. The van der Waals surface area contributed by atoms with E-state index in [1.165, 1.54) is 11.7 Å². The Balaban J connectivity index is 2.01. The summed E-state index contributed by atoms with van der Waals surface area (Å²) in [6.45, 7) is 1.56. The minimum Gasteiger partial charge on any atom is -0.482 e. The van der Waals surface area contributed by atoms with E-state index in [1.807, 2.05) is 6.07 Å². The molecule has 1 unspecified atom stereocenters. The molecule has 3 rings (SSSR count). The van der Waals surface area contributed by atoms with Crippen molar-refractivity contribution in [2.24, 2.45) is 7.05 Å². The van der Waals surface area contributed by atoms with Crippen molar-refractivity contribution in [3.63, 3.8) is 0 Å². The van der Waals surface area contributed by atoms with Crippen LogP contribution in [-0.4, -0.2) is 30.2 Å². The molecule has 1 aliphatic heterocycles. The fourth-order valence-electron chi connectivity index (χ4n) is 2.96. The van der Waals surface area contributed by atoms with Crippen molar-refractivity contribution >= 4 is 11.9 Å². The maximum Gasteiger partial charge on any atom is 0.343 e. The van der Waals surface area contributed by atoms with Crippen molar-refractivity contribution < 1.29 is 23.8 Å².